The van der Waals surface area contributed by atoms with Gasteiger partial charge >= 0.3 is 5.97 Å². The van der Waals surface area contributed by atoms with Crippen LogP contribution in [0.3, 0.4) is 0 Å². The van der Waals surface area contributed by atoms with Gasteiger partial charge in [0.25, 0.3) is 0 Å². The zero-order chi connectivity index (χ0) is 11.3. The molecule has 2 N–H and O–H groups in total. The molecular weight excluding hydrogens is 204 g/mol. The zero-order valence-corrected chi connectivity index (χ0v) is 8.94. The molecule has 16 heavy (non-hydrogen) atoms. The van der Waals surface area contributed by atoms with Gasteiger partial charge in [0.05, 0.1) is 5.56 Å². The van der Waals surface area contributed by atoms with Crippen molar-refractivity contribution in [3.63, 3.8) is 0 Å². The van der Waals surface area contributed by atoms with E-state index in [4.69, 9.17) is 0 Å². The van der Waals surface area contributed by atoms with Crippen molar-refractivity contribution in [2.45, 2.75) is 37.5 Å². The lowest BCUT2D eigenvalue weighted by Crippen LogP contribution is -2.24. The Morgan fingerprint density at radius 3 is 2.19 bits per heavy atom. The maximum absolute atomic E-state index is 11.2. The predicted molar refractivity (Wildman–Crippen MR) is 59.0 cm³/mol. The standard InChI is InChI=1S/C13H14O3/c14-10-6-5-9(13(15)16)11-7-1-3-8(4-2-7)12(10)11/h5-8,14H,1-4H2,(H,15,16). The Kier molecular flexibility index (Phi) is 1.96. The number of phenols is 1. The Hall–Kier alpha value is -1.51. The fraction of sp³-hybridized carbons (Fsp3) is 0.462. The highest BCUT2D eigenvalue weighted by molar-refractivity contribution is 5.91. The summed E-state index contributed by atoms with van der Waals surface area (Å²) in [5, 5.41) is 19.1. The lowest BCUT2D eigenvalue weighted by Gasteiger charge is -2.39. The number of aromatic carboxylic acids is 1. The maximum Gasteiger partial charge on any atom is 0.335 e. The Bertz CT molecular complexity index is 456. The molecule has 3 aliphatic carbocycles. The van der Waals surface area contributed by atoms with E-state index in [2.05, 4.69) is 0 Å². The van der Waals surface area contributed by atoms with Crippen LogP contribution in [0.5, 0.6) is 5.75 Å². The topological polar surface area (TPSA) is 57.5 Å². The molecule has 1 aromatic carbocycles. The molecule has 0 atom stereocenters. The Labute approximate surface area is 93.7 Å². The first-order valence-electron chi connectivity index (χ1n) is 5.77. The van der Waals surface area contributed by atoms with Gasteiger partial charge in [-0.3, -0.25) is 0 Å². The normalized spacial score (nSPS) is 26.5. The van der Waals surface area contributed by atoms with Gasteiger partial charge in [-0.05, 0) is 55.2 Å². The number of phenolic OH excluding ortho intramolecular Hbond substituents is 1. The van der Waals surface area contributed by atoms with Crippen molar-refractivity contribution in [1.82, 2.24) is 0 Å². The van der Waals surface area contributed by atoms with Crippen LogP contribution in [0.25, 0.3) is 0 Å². The maximum atomic E-state index is 11.2. The van der Waals surface area contributed by atoms with Gasteiger partial charge in [0, 0.05) is 5.56 Å². The van der Waals surface area contributed by atoms with Crippen LogP contribution < -0.4 is 0 Å². The van der Waals surface area contributed by atoms with Gasteiger partial charge in [0.15, 0.2) is 0 Å². The third-order valence-corrected chi connectivity index (χ3v) is 4.04. The third-order valence-electron chi connectivity index (χ3n) is 4.04. The zero-order valence-electron chi connectivity index (χ0n) is 8.94. The van der Waals surface area contributed by atoms with Crippen molar-refractivity contribution in [2.24, 2.45) is 0 Å². The first kappa shape index (κ1) is 9.70. The first-order chi connectivity index (χ1) is 7.68. The Morgan fingerprint density at radius 2 is 1.62 bits per heavy atom. The second kappa shape index (κ2) is 3.24. The van der Waals surface area contributed by atoms with Gasteiger partial charge in [-0.15, -0.1) is 0 Å². The van der Waals surface area contributed by atoms with Crippen LogP contribution in [0.1, 0.15) is 59.0 Å². The summed E-state index contributed by atoms with van der Waals surface area (Å²) in [5.41, 5.74) is 2.22. The number of fused-ring (bicyclic) bond motifs is 2. The second-order valence-electron chi connectivity index (χ2n) is 4.81. The van der Waals surface area contributed by atoms with Gasteiger partial charge < -0.3 is 10.2 Å². The summed E-state index contributed by atoms with van der Waals surface area (Å²) < 4.78 is 0. The number of hydrogen-bond acceptors (Lipinski definition) is 2. The molecule has 1 aromatic rings. The van der Waals surface area contributed by atoms with Crippen LogP contribution in [-0.4, -0.2) is 16.2 Å². The number of hydrogen-bond donors (Lipinski definition) is 2. The summed E-state index contributed by atoms with van der Waals surface area (Å²) in [4.78, 5) is 11.2. The monoisotopic (exact) mass is 218 g/mol. The van der Waals surface area contributed by atoms with Crippen LogP contribution in [0, 0.1) is 0 Å². The highest BCUT2D eigenvalue weighted by Gasteiger charge is 2.37. The van der Waals surface area contributed by atoms with Gasteiger partial charge in [0.1, 0.15) is 5.75 Å². The lowest BCUT2D eigenvalue weighted by atomic mass is 9.65. The van der Waals surface area contributed by atoms with E-state index in [0.717, 1.165) is 36.8 Å². The van der Waals surface area contributed by atoms with Crippen LogP contribution in [0.4, 0.5) is 0 Å². The molecule has 0 aromatic heterocycles. The molecule has 2 bridgehead atoms. The quantitative estimate of drug-likeness (QED) is 0.762. The molecule has 0 heterocycles. The molecule has 3 heteroatoms. The molecular formula is C13H14O3. The molecule has 3 aliphatic rings. The van der Waals surface area contributed by atoms with E-state index < -0.39 is 5.97 Å². The Morgan fingerprint density at radius 1 is 1.06 bits per heavy atom. The van der Waals surface area contributed by atoms with Crippen molar-refractivity contribution in [3.05, 3.63) is 28.8 Å². The van der Waals surface area contributed by atoms with E-state index in [0.29, 0.717) is 17.4 Å². The molecule has 4 rings (SSSR count). The third kappa shape index (κ3) is 1.17. The van der Waals surface area contributed by atoms with E-state index in [1.165, 1.54) is 12.1 Å². The van der Waals surface area contributed by atoms with Crippen molar-refractivity contribution in [1.29, 1.82) is 0 Å². The number of carbonyl (C=O) groups is 1. The summed E-state index contributed by atoms with van der Waals surface area (Å²) in [7, 11) is 0. The average molecular weight is 218 g/mol. The largest absolute Gasteiger partial charge is 0.508 e. The van der Waals surface area contributed by atoms with E-state index in [1.54, 1.807) is 0 Å². The molecule has 84 valence electrons. The first-order valence-corrected chi connectivity index (χ1v) is 5.77. The van der Waals surface area contributed by atoms with Crippen LogP contribution in [0.15, 0.2) is 12.1 Å². The average Bonchev–Trinajstić information content (AvgIpc) is 2.30. The second-order valence-corrected chi connectivity index (χ2v) is 4.81. The smallest absolute Gasteiger partial charge is 0.335 e. The molecule has 3 nitrogen and oxygen atoms in total. The van der Waals surface area contributed by atoms with E-state index in [-0.39, 0.29) is 5.75 Å². The number of aromatic hydroxyl groups is 1. The summed E-state index contributed by atoms with van der Waals surface area (Å²) in [6.07, 6.45) is 4.32. The van der Waals surface area contributed by atoms with E-state index in [9.17, 15) is 15.0 Å². The molecule has 0 amide bonds. The number of benzene rings is 1. The summed E-state index contributed by atoms with van der Waals surface area (Å²) >= 11 is 0. The minimum absolute atomic E-state index is 0.286. The molecule has 0 unspecified atom stereocenters. The minimum Gasteiger partial charge on any atom is -0.508 e. The fourth-order valence-electron chi connectivity index (χ4n) is 3.35. The fourth-order valence-corrected chi connectivity index (χ4v) is 3.35. The highest BCUT2D eigenvalue weighted by Crippen LogP contribution is 2.53. The van der Waals surface area contributed by atoms with Crippen molar-refractivity contribution in [2.75, 3.05) is 0 Å². The summed E-state index contributed by atoms with van der Waals surface area (Å²) in [6, 6.07) is 3.07. The van der Waals surface area contributed by atoms with Crippen LogP contribution in [0.2, 0.25) is 0 Å². The van der Waals surface area contributed by atoms with Crippen molar-refractivity contribution < 1.29 is 15.0 Å². The van der Waals surface area contributed by atoms with Gasteiger partial charge in [0.2, 0.25) is 0 Å². The van der Waals surface area contributed by atoms with Gasteiger partial charge in [-0.2, -0.15) is 0 Å². The van der Waals surface area contributed by atoms with Crippen LogP contribution >= 0.6 is 0 Å². The number of rotatable bonds is 1. The molecule has 0 saturated heterocycles. The van der Waals surface area contributed by atoms with Crippen molar-refractivity contribution >= 4 is 5.97 Å². The molecule has 0 radical (unpaired) electrons. The van der Waals surface area contributed by atoms with E-state index in [1.807, 2.05) is 0 Å². The summed E-state index contributed by atoms with van der Waals surface area (Å²) in [5.74, 6) is 0.135. The predicted octanol–water partition coefficient (Wildman–Crippen LogP) is 2.85. The Balaban J connectivity index is 2.27. The van der Waals surface area contributed by atoms with Crippen LogP contribution in [-0.2, 0) is 0 Å². The SMILES string of the molecule is O=C(O)c1ccc(O)c2c1C1CCC2CC1. The summed E-state index contributed by atoms with van der Waals surface area (Å²) in [6.45, 7) is 0. The minimum atomic E-state index is -0.871. The number of carboxylic acids is 1. The van der Waals surface area contributed by atoms with Gasteiger partial charge in [-0.25, -0.2) is 4.79 Å². The molecule has 0 spiro atoms. The molecule has 1 saturated carbocycles. The lowest BCUT2D eigenvalue weighted by molar-refractivity contribution is 0.0693. The van der Waals surface area contributed by atoms with E-state index >= 15 is 0 Å². The number of carboxylic acid groups (broad SMARTS) is 1. The van der Waals surface area contributed by atoms with Crippen molar-refractivity contribution in [3.8, 4) is 5.75 Å². The highest BCUT2D eigenvalue weighted by atomic mass is 16.4. The van der Waals surface area contributed by atoms with Gasteiger partial charge in [-0.1, -0.05) is 0 Å². The molecule has 0 aliphatic heterocycles. The molecule has 1 fully saturated rings.